The summed E-state index contributed by atoms with van der Waals surface area (Å²) in [6.07, 6.45) is 2.61. The highest BCUT2D eigenvalue weighted by Crippen LogP contribution is 2.27. The maximum Gasteiger partial charge on any atom is 0.247 e. The van der Waals surface area contributed by atoms with E-state index in [0.29, 0.717) is 12.2 Å². The fourth-order valence-electron chi connectivity index (χ4n) is 2.68. The summed E-state index contributed by atoms with van der Waals surface area (Å²) in [5.41, 5.74) is 6.18. The van der Waals surface area contributed by atoms with E-state index in [9.17, 15) is 4.79 Å². The lowest BCUT2D eigenvalue weighted by molar-refractivity contribution is -0.128. The molecule has 0 unspecified atom stereocenters. The van der Waals surface area contributed by atoms with Crippen LogP contribution in [0.4, 0.5) is 11.5 Å². The summed E-state index contributed by atoms with van der Waals surface area (Å²) in [6.45, 7) is 5.80. The second kappa shape index (κ2) is 8.57. The molecule has 2 aromatic heterocycles. The van der Waals surface area contributed by atoms with Gasteiger partial charge in [-0.25, -0.2) is 15.4 Å². The third kappa shape index (κ3) is 4.58. The molecule has 0 atom stereocenters. The number of allylic oxidation sites excluding steroid dienone is 1. The van der Waals surface area contributed by atoms with Crippen LogP contribution in [0.2, 0.25) is 0 Å². The first-order chi connectivity index (χ1) is 13.1. The molecular weight excluding hydrogens is 360 g/mol. The zero-order valence-electron chi connectivity index (χ0n) is 14.9. The zero-order valence-corrected chi connectivity index (χ0v) is 15.7. The number of rotatable bonds is 7. The molecular formula is C20H20N4O2S. The monoisotopic (exact) mass is 380 g/mol. The number of thiophene rings is 1. The fraction of sp³-hybridized carbons (Fsp3) is 0.150. The van der Waals surface area contributed by atoms with Crippen molar-refractivity contribution < 1.29 is 10.0 Å². The van der Waals surface area contributed by atoms with Gasteiger partial charge < -0.3 is 5.32 Å². The molecule has 6 nitrogen and oxygen atoms in total. The molecule has 7 heteroatoms. The number of hydrogen-bond acceptors (Lipinski definition) is 6. The summed E-state index contributed by atoms with van der Waals surface area (Å²) < 4.78 is 0. The molecule has 0 bridgehead atoms. The van der Waals surface area contributed by atoms with E-state index in [1.165, 1.54) is 0 Å². The van der Waals surface area contributed by atoms with Crippen LogP contribution >= 0.6 is 11.3 Å². The number of amides is 1. The van der Waals surface area contributed by atoms with Crippen molar-refractivity contribution in [1.29, 1.82) is 0 Å². The van der Waals surface area contributed by atoms with Crippen molar-refractivity contribution >= 4 is 28.7 Å². The molecule has 1 amide bonds. The van der Waals surface area contributed by atoms with Gasteiger partial charge in [-0.1, -0.05) is 18.2 Å². The molecule has 0 aliphatic rings. The highest BCUT2D eigenvalue weighted by molar-refractivity contribution is 7.08. The van der Waals surface area contributed by atoms with Crippen molar-refractivity contribution in [2.24, 2.45) is 0 Å². The van der Waals surface area contributed by atoms with Crippen molar-refractivity contribution in [3.8, 4) is 11.4 Å². The van der Waals surface area contributed by atoms with Gasteiger partial charge in [0.15, 0.2) is 5.82 Å². The van der Waals surface area contributed by atoms with Gasteiger partial charge in [-0.3, -0.25) is 10.0 Å². The molecule has 3 aromatic rings. The molecule has 0 radical (unpaired) electrons. The van der Waals surface area contributed by atoms with Gasteiger partial charge in [0.2, 0.25) is 5.91 Å². The third-order valence-electron chi connectivity index (χ3n) is 4.05. The molecule has 138 valence electrons. The predicted octanol–water partition coefficient (Wildman–Crippen LogP) is 4.03. The molecule has 2 heterocycles. The van der Waals surface area contributed by atoms with Gasteiger partial charge in [-0.05, 0) is 42.5 Å². The molecule has 3 N–H and O–H groups in total. The molecule has 27 heavy (non-hydrogen) atoms. The van der Waals surface area contributed by atoms with Crippen molar-refractivity contribution in [3.63, 3.8) is 0 Å². The minimum atomic E-state index is -0.448. The van der Waals surface area contributed by atoms with Crippen LogP contribution in [0.5, 0.6) is 0 Å². The van der Waals surface area contributed by atoms with Gasteiger partial charge in [0.05, 0.1) is 6.42 Å². The quantitative estimate of drug-likeness (QED) is 0.327. The van der Waals surface area contributed by atoms with Crippen LogP contribution in [0.1, 0.15) is 16.8 Å². The topological polar surface area (TPSA) is 87.1 Å². The van der Waals surface area contributed by atoms with E-state index >= 15 is 0 Å². The zero-order chi connectivity index (χ0) is 19.2. The van der Waals surface area contributed by atoms with Crippen molar-refractivity contribution in [3.05, 3.63) is 70.6 Å². The molecule has 0 saturated carbocycles. The lowest BCUT2D eigenvalue weighted by atomic mass is 10.1. The van der Waals surface area contributed by atoms with Crippen molar-refractivity contribution in [1.82, 2.24) is 15.4 Å². The highest BCUT2D eigenvalue weighted by Gasteiger charge is 2.13. The van der Waals surface area contributed by atoms with E-state index in [1.807, 2.05) is 54.1 Å². The lowest BCUT2D eigenvalue weighted by Crippen LogP contribution is -2.20. The average Bonchev–Trinajstić information content (AvgIpc) is 3.20. The minimum Gasteiger partial charge on any atom is -0.340 e. The smallest absolute Gasteiger partial charge is 0.247 e. The average molecular weight is 380 g/mol. The Morgan fingerprint density at radius 1 is 1.26 bits per heavy atom. The van der Waals surface area contributed by atoms with E-state index in [-0.39, 0.29) is 6.42 Å². The first kappa shape index (κ1) is 18.8. The van der Waals surface area contributed by atoms with Crippen LogP contribution in [-0.4, -0.2) is 21.1 Å². The normalized spacial score (nSPS) is 10.4. The number of nitrogens with one attached hydrogen (secondary N) is 2. The van der Waals surface area contributed by atoms with Crippen LogP contribution in [0, 0.1) is 6.92 Å². The molecule has 0 aliphatic carbocycles. The van der Waals surface area contributed by atoms with Crippen LogP contribution in [0.3, 0.4) is 0 Å². The molecule has 0 saturated heterocycles. The number of anilines is 2. The Hall–Kier alpha value is -3.03. The highest BCUT2D eigenvalue weighted by atomic mass is 32.1. The molecule has 1 aromatic carbocycles. The van der Waals surface area contributed by atoms with Crippen LogP contribution < -0.4 is 10.8 Å². The van der Waals surface area contributed by atoms with Crippen molar-refractivity contribution in [2.45, 2.75) is 19.8 Å². The Labute approximate surface area is 161 Å². The van der Waals surface area contributed by atoms with E-state index < -0.39 is 5.91 Å². The maximum atomic E-state index is 11.3. The SMILES string of the molecule is C=CCc1c(C)nc(-c2ccsc2)nc1Nc1ccc(CC(=O)NO)cc1. The number of carbonyl (C=O) groups is 1. The largest absolute Gasteiger partial charge is 0.340 e. The summed E-state index contributed by atoms with van der Waals surface area (Å²) in [6, 6.07) is 9.41. The minimum absolute atomic E-state index is 0.118. The van der Waals surface area contributed by atoms with Gasteiger partial charge >= 0.3 is 0 Å². The lowest BCUT2D eigenvalue weighted by Gasteiger charge is -2.14. The number of aryl methyl sites for hydroxylation is 1. The Kier molecular flexibility index (Phi) is 5.95. The van der Waals surface area contributed by atoms with Gasteiger partial charge in [-0.15, -0.1) is 6.58 Å². The van der Waals surface area contributed by atoms with Crippen LogP contribution in [-0.2, 0) is 17.6 Å². The Morgan fingerprint density at radius 2 is 2.04 bits per heavy atom. The Balaban J connectivity index is 1.90. The number of aromatic nitrogens is 2. The summed E-state index contributed by atoms with van der Waals surface area (Å²) >= 11 is 1.61. The molecule has 0 fully saturated rings. The Morgan fingerprint density at radius 3 is 2.67 bits per heavy atom. The molecule has 0 spiro atoms. The van der Waals surface area contributed by atoms with E-state index in [1.54, 1.807) is 16.8 Å². The number of benzene rings is 1. The molecule has 3 rings (SSSR count). The predicted molar refractivity (Wildman–Crippen MR) is 107 cm³/mol. The maximum absolute atomic E-state index is 11.3. The molecule has 0 aliphatic heterocycles. The number of nitrogens with zero attached hydrogens (tertiary/aromatic N) is 2. The first-order valence-electron chi connectivity index (χ1n) is 8.40. The van der Waals surface area contributed by atoms with Gasteiger partial charge in [0.1, 0.15) is 5.82 Å². The second-order valence-corrected chi connectivity index (χ2v) is 6.78. The van der Waals surface area contributed by atoms with Crippen molar-refractivity contribution in [2.75, 3.05) is 5.32 Å². The summed E-state index contributed by atoms with van der Waals surface area (Å²) in [5, 5.41) is 16.0. The van der Waals surface area contributed by atoms with Gasteiger partial charge in [0, 0.05) is 27.9 Å². The standard InChI is InChI=1S/C20H20N4O2S/c1-3-4-17-13(2)21-19(15-9-10-27-12-15)23-20(17)22-16-7-5-14(6-8-16)11-18(25)24-26/h3,5-10,12,26H,1,4,11H2,2H3,(H,24,25)(H,21,22,23). The number of carbonyl (C=O) groups excluding carboxylic acids is 1. The van der Waals surface area contributed by atoms with Crippen LogP contribution in [0.15, 0.2) is 53.7 Å². The van der Waals surface area contributed by atoms with E-state index in [4.69, 9.17) is 10.2 Å². The fourth-order valence-corrected chi connectivity index (χ4v) is 3.31. The summed E-state index contributed by atoms with van der Waals surface area (Å²) in [4.78, 5) is 20.6. The summed E-state index contributed by atoms with van der Waals surface area (Å²) in [7, 11) is 0. The van der Waals surface area contributed by atoms with Gasteiger partial charge in [-0.2, -0.15) is 11.3 Å². The van der Waals surface area contributed by atoms with E-state index in [2.05, 4.69) is 16.9 Å². The number of hydroxylamine groups is 1. The van der Waals surface area contributed by atoms with Gasteiger partial charge in [0.25, 0.3) is 0 Å². The Bertz CT molecular complexity index is 937. The second-order valence-electron chi connectivity index (χ2n) is 6.00. The first-order valence-corrected chi connectivity index (χ1v) is 9.35. The summed E-state index contributed by atoms with van der Waals surface area (Å²) in [5.74, 6) is 0.973. The number of hydrogen-bond donors (Lipinski definition) is 3. The van der Waals surface area contributed by atoms with Crippen LogP contribution in [0.25, 0.3) is 11.4 Å². The third-order valence-corrected chi connectivity index (χ3v) is 4.73. The van der Waals surface area contributed by atoms with E-state index in [0.717, 1.165) is 33.9 Å².